The number of hydrogen-bond acceptors (Lipinski definition) is 4. The molecule has 1 saturated heterocycles. The quantitative estimate of drug-likeness (QED) is 0.509. The molecule has 2 heterocycles. The fourth-order valence-electron chi connectivity index (χ4n) is 5.77. The number of hydrogen-bond donors (Lipinski definition) is 0. The summed E-state index contributed by atoms with van der Waals surface area (Å²) in [5.41, 5.74) is 3.52. The van der Waals surface area contributed by atoms with Crippen molar-refractivity contribution in [2.24, 2.45) is 13.0 Å². The minimum absolute atomic E-state index is 0.0858. The number of rotatable bonds is 5. The zero-order valence-electron chi connectivity index (χ0n) is 20.1. The second-order valence-electron chi connectivity index (χ2n) is 10.0. The van der Waals surface area contributed by atoms with Crippen LogP contribution >= 0.6 is 0 Å². The Balaban J connectivity index is 1.35. The molecule has 0 spiro atoms. The maximum atomic E-state index is 13.0. The average molecular weight is 490 g/mol. The molecule has 0 bridgehead atoms. The maximum Gasteiger partial charge on any atom is 0.225 e. The molecule has 1 aromatic heterocycles. The van der Waals surface area contributed by atoms with Crippen LogP contribution in [-0.2, 0) is 27.4 Å². The lowest BCUT2D eigenvalue weighted by molar-refractivity contribution is -0.136. The van der Waals surface area contributed by atoms with E-state index in [4.69, 9.17) is 5.26 Å². The second-order valence-corrected chi connectivity index (χ2v) is 12.0. The van der Waals surface area contributed by atoms with Crippen molar-refractivity contribution in [3.8, 4) is 6.07 Å². The van der Waals surface area contributed by atoms with Crippen LogP contribution in [0.3, 0.4) is 0 Å². The Hall–Kier alpha value is -3.11. The van der Waals surface area contributed by atoms with Gasteiger partial charge in [0, 0.05) is 43.2 Å². The van der Waals surface area contributed by atoms with Crippen molar-refractivity contribution in [2.45, 2.75) is 55.1 Å². The van der Waals surface area contributed by atoms with Crippen LogP contribution in [0.1, 0.15) is 61.1 Å². The number of fused-ring (bicyclic) bond motifs is 1. The highest BCUT2D eigenvalue weighted by Gasteiger charge is 2.31. The van der Waals surface area contributed by atoms with Gasteiger partial charge in [-0.25, -0.2) is 8.42 Å². The number of amides is 1. The molecule has 6 nitrogen and oxygen atoms in total. The SMILES string of the molecule is Cn1cc(C2CCN(C(=O)C3CCCC3)CC2)c2cc(CS(=O)(=O)c3ccc(C#N)cc3)ccc21. The summed E-state index contributed by atoms with van der Waals surface area (Å²) in [6.45, 7) is 1.59. The lowest BCUT2D eigenvalue weighted by Crippen LogP contribution is -2.40. The molecule has 182 valence electrons. The van der Waals surface area contributed by atoms with Gasteiger partial charge < -0.3 is 9.47 Å². The van der Waals surface area contributed by atoms with E-state index in [0.29, 0.717) is 17.4 Å². The number of piperidine rings is 1. The van der Waals surface area contributed by atoms with Crippen molar-refractivity contribution < 1.29 is 13.2 Å². The number of nitriles is 1. The van der Waals surface area contributed by atoms with Gasteiger partial charge in [0.15, 0.2) is 9.84 Å². The molecule has 0 N–H and O–H groups in total. The molecule has 1 amide bonds. The summed E-state index contributed by atoms with van der Waals surface area (Å²) in [6, 6.07) is 14.0. The normalized spacial score (nSPS) is 17.7. The minimum Gasteiger partial charge on any atom is -0.350 e. The molecule has 0 unspecified atom stereocenters. The molecule has 0 radical (unpaired) electrons. The molecule has 5 rings (SSSR count). The molecular formula is C28H31N3O3S. The maximum absolute atomic E-state index is 13.0. The van der Waals surface area contributed by atoms with Crippen LogP contribution in [0.15, 0.2) is 53.6 Å². The third-order valence-electron chi connectivity index (χ3n) is 7.73. The summed E-state index contributed by atoms with van der Waals surface area (Å²) in [7, 11) is -1.50. The third-order valence-corrected chi connectivity index (χ3v) is 9.44. The fraction of sp³-hybridized carbons (Fsp3) is 0.429. The van der Waals surface area contributed by atoms with Crippen molar-refractivity contribution in [2.75, 3.05) is 13.1 Å². The number of benzene rings is 2. The highest BCUT2D eigenvalue weighted by atomic mass is 32.2. The monoisotopic (exact) mass is 489 g/mol. The molecule has 35 heavy (non-hydrogen) atoms. The molecule has 1 saturated carbocycles. The predicted molar refractivity (Wildman–Crippen MR) is 135 cm³/mol. The Morgan fingerprint density at radius 1 is 1.03 bits per heavy atom. The molecule has 2 fully saturated rings. The second kappa shape index (κ2) is 9.50. The van der Waals surface area contributed by atoms with Gasteiger partial charge in [-0.15, -0.1) is 0 Å². The highest BCUT2D eigenvalue weighted by molar-refractivity contribution is 7.90. The van der Waals surface area contributed by atoms with E-state index in [-0.39, 0.29) is 16.6 Å². The minimum atomic E-state index is -3.52. The first-order chi connectivity index (χ1) is 16.9. The van der Waals surface area contributed by atoms with Crippen molar-refractivity contribution >= 4 is 26.6 Å². The largest absolute Gasteiger partial charge is 0.350 e. The van der Waals surface area contributed by atoms with Crippen LogP contribution in [0.5, 0.6) is 0 Å². The Morgan fingerprint density at radius 2 is 1.71 bits per heavy atom. The first-order valence-corrected chi connectivity index (χ1v) is 14.1. The summed E-state index contributed by atoms with van der Waals surface area (Å²) >= 11 is 0. The third kappa shape index (κ3) is 4.72. The first-order valence-electron chi connectivity index (χ1n) is 12.5. The molecule has 2 aromatic carbocycles. The standard InChI is InChI=1S/C28H31N3O3S/c1-30-18-26(22-12-14-31(15-13-22)28(32)23-4-2-3-5-23)25-16-21(8-11-27(25)30)19-35(33,34)24-9-6-20(17-29)7-10-24/h6-11,16,18,22-23H,2-5,12-15,19H2,1H3. The van der Waals surface area contributed by atoms with Crippen molar-refractivity contribution in [1.29, 1.82) is 5.26 Å². The number of likely N-dealkylation sites (tertiary alicyclic amines) is 1. The van der Waals surface area contributed by atoms with E-state index in [1.807, 2.05) is 31.3 Å². The Kier molecular flexibility index (Phi) is 6.41. The number of carbonyl (C=O) groups excluding carboxylic acids is 1. The molecule has 7 heteroatoms. The lowest BCUT2D eigenvalue weighted by Gasteiger charge is -2.33. The van der Waals surface area contributed by atoms with Gasteiger partial charge in [0.1, 0.15) is 0 Å². The first kappa shape index (κ1) is 23.6. The van der Waals surface area contributed by atoms with E-state index in [1.54, 1.807) is 0 Å². The fourth-order valence-corrected chi connectivity index (χ4v) is 7.10. The summed E-state index contributed by atoms with van der Waals surface area (Å²) in [6.07, 6.45) is 8.46. The molecular weight excluding hydrogens is 458 g/mol. The van der Waals surface area contributed by atoms with Crippen molar-refractivity contribution in [3.63, 3.8) is 0 Å². The van der Waals surface area contributed by atoms with E-state index in [1.165, 1.54) is 42.7 Å². The molecule has 3 aromatic rings. The highest BCUT2D eigenvalue weighted by Crippen LogP contribution is 2.36. The van der Waals surface area contributed by atoms with Crippen LogP contribution in [0, 0.1) is 17.2 Å². The van der Waals surface area contributed by atoms with E-state index in [9.17, 15) is 13.2 Å². The van der Waals surface area contributed by atoms with Gasteiger partial charge in [-0.3, -0.25) is 4.79 Å². The molecule has 1 aliphatic carbocycles. The molecule has 2 aliphatic rings. The van der Waals surface area contributed by atoms with Gasteiger partial charge in [0.2, 0.25) is 5.91 Å². The smallest absolute Gasteiger partial charge is 0.225 e. The van der Waals surface area contributed by atoms with Crippen LogP contribution < -0.4 is 0 Å². The van der Waals surface area contributed by atoms with Crippen LogP contribution in [0.25, 0.3) is 10.9 Å². The zero-order valence-corrected chi connectivity index (χ0v) is 20.9. The summed E-state index contributed by atoms with van der Waals surface area (Å²) in [5.74, 6) is 0.841. The van der Waals surface area contributed by atoms with E-state index < -0.39 is 9.84 Å². The van der Waals surface area contributed by atoms with Crippen LogP contribution in [0.4, 0.5) is 0 Å². The number of nitrogens with zero attached hydrogens (tertiary/aromatic N) is 3. The Morgan fingerprint density at radius 3 is 2.37 bits per heavy atom. The number of sulfone groups is 1. The van der Waals surface area contributed by atoms with Crippen molar-refractivity contribution in [1.82, 2.24) is 9.47 Å². The summed E-state index contributed by atoms with van der Waals surface area (Å²) in [4.78, 5) is 15.1. The number of aryl methyl sites for hydroxylation is 1. The lowest BCUT2D eigenvalue weighted by atomic mass is 9.88. The van der Waals surface area contributed by atoms with E-state index >= 15 is 0 Å². The number of carbonyl (C=O) groups is 1. The van der Waals surface area contributed by atoms with Gasteiger partial charge in [0.25, 0.3) is 0 Å². The van der Waals surface area contributed by atoms with E-state index in [0.717, 1.165) is 55.2 Å². The Labute approximate surface area is 207 Å². The van der Waals surface area contributed by atoms with Crippen LogP contribution in [0.2, 0.25) is 0 Å². The molecule has 0 atom stereocenters. The summed E-state index contributed by atoms with van der Waals surface area (Å²) in [5, 5.41) is 10.1. The van der Waals surface area contributed by atoms with Gasteiger partial charge in [0.05, 0.1) is 22.3 Å². The summed E-state index contributed by atoms with van der Waals surface area (Å²) < 4.78 is 28.1. The topological polar surface area (TPSA) is 83.2 Å². The van der Waals surface area contributed by atoms with E-state index in [2.05, 4.69) is 15.7 Å². The predicted octanol–water partition coefficient (Wildman–Crippen LogP) is 4.92. The van der Waals surface area contributed by atoms with Gasteiger partial charge in [-0.1, -0.05) is 18.9 Å². The van der Waals surface area contributed by atoms with Gasteiger partial charge >= 0.3 is 0 Å². The van der Waals surface area contributed by atoms with Gasteiger partial charge in [-0.05, 0) is 79.1 Å². The van der Waals surface area contributed by atoms with Crippen molar-refractivity contribution in [3.05, 3.63) is 65.4 Å². The van der Waals surface area contributed by atoms with Gasteiger partial charge in [-0.2, -0.15) is 5.26 Å². The average Bonchev–Trinajstić information content (AvgIpc) is 3.52. The number of aromatic nitrogens is 1. The molecule has 1 aliphatic heterocycles. The zero-order chi connectivity index (χ0) is 24.6. The Bertz CT molecular complexity index is 1390. The van der Waals surface area contributed by atoms with Crippen LogP contribution in [-0.4, -0.2) is 36.9 Å².